The van der Waals surface area contributed by atoms with Crippen molar-refractivity contribution < 1.29 is 18.0 Å². The second-order valence-electron chi connectivity index (χ2n) is 4.50. The van der Waals surface area contributed by atoms with Crippen molar-refractivity contribution >= 4 is 17.5 Å². The van der Waals surface area contributed by atoms with Crippen LogP contribution >= 0.6 is 11.8 Å². The average Bonchev–Trinajstić information content (AvgIpc) is 2.46. The van der Waals surface area contributed by atoms with Crippen molar-refractivity contribution in [3.8, 4) is 0 Å². The molecule has 0 saturated carbocycles. The number of thioether (sulfide) groups is 1. The third-order valence-corrected chi connectivity index (χ3v) is 3.82. The van der Waals surface area contributed by atoms with Crippen molar-refractivity contribution in [3.05, 3.63) is 65.2 Å². The number of carbonyl (C=O) groups excluding carboxylic acids is 1. The summed E-state index contributed by atoms with van der Waals surface area (Å²) in [6, 6.07) is 12.0. The predicted molar refractivity (Wildman–Crippen MR) is 77.7 cm³/mol. The van der Waals surface area contributed by atoms with Crippen LogP contribution in [0.3, 0.4) is 0 Å². The standard InChI is InChI=1S/C16H13F3OS/c1-21-15-8-3-2-7-13(15)14(20)10-11-5-4-6-12(9-11)16(17,18)19/h2-9H,10H2,1H3. The molecule has 110 valence electrons. The molecule has 0 unspecified atom stereocenters. The molecule has 0 aliphatic carbocycles. The van der Waals surface area contributed by atoms with Gasteiger partial charge in [-0.1, -0.05) is 36.4 Å². The van der Waals surface area contributed by atoms with E-state index in [9.17, 15) is 18.0 Å². The number of hydrogen-bond acceptors (Lipinski definition) is 2. The van der Waals surface area contributed by atoms with Gasteiger partial charge in [0.2, 0.25) is 0 Å². The van der Waals surface area contributed by atoms with Crippen molar-refractivity contribution in [1.29, 1.82) is 0 Å². The largest absolute Gasteiger partial charge is 0.416 e. The zero-order chi connectivity index (χ0) is 15.5. The lowest BCUT2D eigenvalue weighted by Gasteiger charge is -2.09. The van der Waals surface area contributed by atoms with Gasteiger partial charge < -0.3 is 0 Å². The molecule has 0 saturated heterocycles. The van der Waals surface area contributed by atoms with Gasteiger partial charge in [0, 0.05) is 16.9 Å². The third kappa shape index (κ3) is 3.88. The highest BCUT2D eigenvalue weighted by Gasteiger charge is 2.30. The van der Waals surface area contributed by atoms with Crippen molar-refractivity contribution in [2.24, 2.45) is 0 Å². The van der Waals surface area contributed by atoms with Crippen LogP contribution in [0.5, 0.6) is 0 Å². The number of Topliss-reactive ketones (excluding diaryl/α,β-unsaturated/α-hetero) is 1. The Morgan fingerprint density at radius 1 is 1.10 bits per heavy atom. The zero-order valence-electron chi connectivity index (χ0n) is 11.3. The van der Waals surface area contributed by atoms with Crippen molar-refractivity contribution in [2.45, 2.75) is 17.5 Å². The van der Waals surface area contributed by atoms with E-state index in [4.69, 9.17) is 0 Å². The van der Waals surface area contributed by atoms with Gasteiger partial charge in [-0.15, -0.1) is 11.8 Å². The molecule has 2 aromatic rings. The summed E-state index contributed by atoms with van der Waals surface area (Å²) in [4.78, 5) is 13.1. The lowest BCUT2D eigenvalue weighted by molar-refractivity contribution is -0.137. The molecule has 1 nitrogen and oxygen atoms in total. The third-order valence-electron chi connectivity index (χ3n) is 3.03. The topological polar surface area (TPSA) is 17.1 Å². The minimum Gasteiger partial charge on any atom is -0.294 e. The first-order valence-electron chi connectivity index (χ1n) is 6.24. The molecular formula is C16H13F3OS. The molecule has 0 bridgehead atoms. The molecular weight excluding hydrogens is 297 g/mol. The van der Waals surface area contributed by atoms with E-state index in [2.05, 4.69) is 0 Å². The average molecular weight is 310 g/mol. The number of ketones is 1. The van der Waals surface area contributed by atoms with E-state index in [-0.39, 0.29) is 12.2 Å². The lowest BCUT2D eigenvalue weighted by atomic mass is 10.0. The Labute approximate surface area is 125 Å². The number of rotatable bonds is 4. The van der Waals surface area contributed by atoms with Crippen LogP contribution in [-0.2, 0) is 12.6 Å². The monoisotopic (exact) mass is 310 g/mol. The summed E-state index contributed by atoms with van der Waals surface area (Å²) in [5.74, 6) is -0.181. The van der Waals surface area contributed by atoms with Gasteiger partial charge in [-0.2, -0.15) is 13.2 Å². The minimum absolute atomic E-state index is 0.0402. The van der Waals surface area contributed by atoms with Gasteiger partial charge in [-0.05, 0) is 24.0 Å². The molecule has 2 aromatic carbocycles. The Morgan fingerprint density at radius 2 is 1.81 bits per heavy atom. The maximum Gasteiger partial charge on any atom is 0.416 e. The van der Waals surface area contributed by atoms with Crippen LogP contribution in [0.2, 0.25) is 0 Å². The number of alkyl halides is 3. The first kappa shape index (κ1) is 15.6. The predicted octanol–water partition coefficient (Wildman–Crippen LogP) is 4.85. The highest BCUT2D eigenvalue weighted by molar-refractivity contribution is 7.98. The lowest BCUT2D eigenvalue weighted by Crippen LogP contribution is -2.08. The summed E-state index contributed by atoms with van der Waals surface area (Å²) in [5.41, 5.74) is 0.180. The second-order valence-corrected chi connectivity index (χ2v) is 5.35. The summed E-state index contributed by atoms with van der Waals surface area (Å²) in [7, 11) is 0. The van der Waals surface area contributed by atoms with Gasteiger partial charge >= 0.3 is 6.18 Å². The van der Waals surface area contributed by atoms with Gasteiger partial charge in [0.15, 0.2) is 5.78 Å². The van der Waals surface area contributed by atoms with Crippen LogP contribution in [0, 0.1) is 0 Å². The maximum absolute atomic E-state index is 12.7. The van der Waals surface area contributed by atoms with E-state index in [1.54, 1.807) is 12.1 Å². The molecule has 0 aliphatic heterocycles. The highest BCUT2D eigenvalue weighted by Crippen LogP contribution is 2.30. The van der Waals surface area contributed by atoms with Crippen LogP contribution in [0.4, 0.5) is 13.2 Å². The van der Waals surface area contributed by atoms with Gasteiger partial charge in [-0.25, -0.2) is 0 Å². The molecule has 0 aliphatic rings. The quantitative estimate of drug-likeness (QED) is 0.593. The first-order valence-corrected chi connectivity index (χ1v) is 7.46. The summed E-state index contributed by atoms with van der Waals surface area (Å²) in [6.45, 7) is 0. The van der Waals surface area contributed by atoms with Crippen molar-refractivity contribution in [3.63, 3.8) is 0 Å². The smallest absolute Gasteiger partial charge is 0.294 e. The first-order chi connectivity index (χ1) is 9.91. The Bertz CT molecular complexity index is 650. The van der Waals surface area contributed by atoms with Crippen LogP contribution < -0.4 is 0 Å². The second kappa shape index (κ2) is 6.35. The zero-order valence-corrected chi connectivity index (χ0v) is 12.1. The molecule has 0 amide bonds. The van der Waals surface area contributed by atoms with Gasteiger partial charge in [0.1, 0.15) is 0 Å². The van der Waals surface area contributed by atoms with E-state index in [1.807, 2.05) is 18.4 Å². The van der Waals surface area contributed by atoms with Crippen LogP contribution in [0.1, 0.15) is 21.5 Å². The molecule has 0 atom stereocenters. The number of benzene rings is 2. The highest BCUT2D eigenvalue weighted by atomic mass is 32.2. The van der Waals surface area contributed by atoms with E-state index >= 15 is 0 Å². The Kier molecular flexibility index (Phi) is 4.73. The number of carbonyl (C=O) groups is 1. The molecule has 5 heteroatoms. The normalized spacial score (nSPS) is 11.4. The van der Waals surface area contributed by atoms with E-state index in [1.165, 1.54) is 23.9 Å². The molecule has 0 aromatic heterocycles. The Hall–Kier alpha value is -1.75. The number of halogens is 3. The summed E-state index contributed by atoms with van der Waals surface area (Å²) in [6.07, 6.45) is -2.58. The fourth-order valence-corrected chi connectivity index (χ4v) is 2.63. The molecule has 0 fully saturated rings. The Balaban J connectivity index is 2.24. The molecule has 2 rings (SSSR count). The molecule has 0 radical (unpaired) electrons. The molecule has 0 heterocycles. The molecule has 0 spiro atoms. The molecule has 0 N–H and O–H groups in total. The van der Waals surface area contributed by atoms with E-state index < -0.39 is 11.7 Å². The summed E-state index contributed by atoms with van der Waals surface area (Å²) >= 11 is 1.44. The van der Waals surface area contributed by atoms with Gasteiger partial charge in [0.25, 0.3) is 0 Å². The van der Waals surface area contributed by atoms with Crippen LogP contribution in [0.25, 0.3) is 0 Å². The van der Waals surface area contributed by atoms with Crippen LogP contribution in [0.15, 0.2) is 53.4 Å². The summed E-state index contributed by atoms with van der Waals surface area (Å²) in [5, 5.41) is 0. The van der Waals surface area contributed by atoms with Crippen molar-refractivity contribution in [2.75, 3.05) is 6.26 Å². The van der Waals surface area contributed by atoms with Gasteiger partial charge in [-0.3, -0.25) is 4.79 Å². The SMILES string of the molecule is CSc1ccccc1C(=O)Cc1cccc(C(F)(F)F)c1. The number of hydrogen-bond donors (Lipinski definition) is 0. The van der Waals surface area contributed by atoms with Gasteiger partial charge in [0.05, 0.1) is 5.56 Å². The summed E-state index contributed by atoms with van der Waals surface area (Å²) < 4.78 is 38.0. The van der Waals surface area contributed by atoms with E-state index in [0.29, 0.717) is 11.1 Å². The molecule has 21 heavy (non-hydrogen) atoms. The van der Waals surface area contributed by atoms with Crippen molar-refractivity contribution in [1.82, 2.24) is 0 Å². The fourth-order valence-electron chi connectivity index (χ4n) is 2.01. The fraction of sp³-hybridized carbons (Fsp3) is 0.188. The Morgan fingerprint density at radius 3 is 2.48 bits per heavy atom. The maximum atomic E-state index is 12.7. The van der Waals surface area contributed by atoms with Crippen LogP contribution in [-0.4, -0.2) is 12.0 Å². The minimum atomic E-state index is -4.39. The van der Waals surface area contributed by atoms with E-state index in [0.717, 1.165) is 17.0 Å².